The van der Waals surface area contributed by atoms with Crippen LogP contribution in [0.4, 0.5) is 0 Å². The van der Waals surface area contributed by atoms with Crippen LogP contribution in [0.2, 0.25) is 0 Å². The number of rotatable bonds is 52. The van der Waals surface area contributed by atoms with Crippen molar-refractivity contribution in [2.75, 3.05) is 33.0 Å². The minimum absolute atomic E-state index is 0.0542. The van der Waals surface area contributed by atoms with Gasteiger partial charge in [0, 0.05) is 13.0 Å². The Morgan fingerprint density at radius 1 is 0.484 bits per heavy atom. The number of hydrogen-bond acceptors (Lipinski definition) is 8. The summed E-state index contributed by atoms with van der Waals surface area (Å²) in [5, 5.41) is 18.4. The third kappa shape index (κ3) is 48.7. The number of hydrogen-bond donors (Lipinski definition) is 3. The molecule has 3 atom stereocenters. The first-order valence-electron chi connectivity index (χ1n) is 26.7. The van der Waals surface area contributed by atoms with E-state index in [1.165, 1.54) is 212 Å². The highest BCUT2D eigenvalue weighted by Gasteiger charge is 2.26. The van der Waals surface area contributed by atoms with Gasteiger partial charge in [0.2, 0.25) is 0 Å². The molecule has 0 fully saturated rings. The van der Waals surface area contributed by atoms with Gasteiger partial charge in [0.05, 0.1) is 26.4 Å². The molecular formula is C52H103O9P. The van der Waals surface area contributed by atoms with E-state index in [9.17, 15) is 19.4 Å². The van der Waals surface area contributed by atoms with Crippen LogP contribution >= 0.6 is 7.82 Å². The highest BCUT2D eigenvalue weighted by atomic mass is 31.2. The second kappa shape index (κ2) is 49.6. The predicted octanol–water partition coefficient (Wildman–Crippen LogP) is 15.6. The molecule has 0 spiro atoms. The van der Waals surface area contributed by atoms with Gasteiger partial charge in [-0.2, -0.15) is 0 Å². The molecule has 0 saturated carbocycles. The zero-order chi connectivity index (χ0) is 45.3. The van der Waals surface area contributed by atoms with Crippen molar-refractivity contribution in [2.24, 2.45) is 0 Å². The van der Waals surface area contributed by atoms with Crippen LogP contribution in [0.1, 0.15) is 271 Å². The lowest BCUT2D eigenvalue weighted by atomic mass is 10.0. The van der Waals surface area contributed by atoms with Gasteiger partial charge in [-0.15, -0.1) is 0 Å². The summed E-state index contributed by atoms with van der Waals surface area (Å²) in [5.41, 5.74) is 0. The average molecular weight is 903 g/mol. The zero-order valence-corrected chi connectivity index (χ0v) is 41.8. The third-order valence-corrected chi connectivity index (χ3v) is 12.9. The smallest absolute Gasteiger partial charge is 0.457 e. The number of aliphatic hydroxyl groups excluding tert-OH is 2. The van der Waals surface area contributed by atoms with Crippen molar-refractivity contribution in [1.82, 2.24) is 0 Å². The zero-order valence-electron chi connectivity index (χ0n) is 40.9. The molecule has 10 heteroatoms. The Bertz CT molecular complexity index is 980. The Balaban J connectivity index is 3.98. The number of carbonyl (C=O) groups excluding carboxylic acids is 1. The molecule has 370 valence electrons. The van der Waals surface area contributed by atoms with Gasteiger partial charge in [-0.05, 0) is 38.5 Å². The van der Waals surface area contributed by atoms with Gasteiger partial charge in [0.25, 0.3) is 0 Å². The number of phosphoric acid groups is 1. The maximum atomic E-state index is 12.7. The molecule has 0 aliphatic heterocycles. The molecule has 0 aliphatic rings. The van der Waals surface area contributed by atoms with Gasteiger partial charge in [-0.25, -0.2) is 4.57 Å². The Labute approximate surface area is 383 Å². The minimum Gasteiger partial charge on any atom is -0.457 e. The molecule has 0 aromatic rings. The highest BCUT2D eigenvalue weighted by molar-refractivity contribution is 7.47. The SMILES string of the molecule is CCCCCCCC/C=C\CCCCCCCCCC(=O)OC(COCCCCCCCCCCCCCCCCCCCCCCCCCC)COP(=O)(O)OCC(O)CO. The van der Waals surface area contributed by atoms with Gasteiger partial charge in [-0.1, -0.05) is 238 Å². The van der Waals surface area contributed by atoms with Crippen LogP contribution in [-0.4, -0.2) is 66.3 Å². The first-order valence-corrected chi connectivity index (χ1v) is 28.2. The van der Waals surface area contributed by atoms with Gasteiger partial charge >= 0.3 is 13.8 Å². The Hall–Kier alpha value is -0.800. The second-order valence-corrected chi connectivity index (χ2v) is 19.7. The van der Waals surface area contributed by atoms with E-state index >= 15 is 0 Å². The maximum absolute atomic E-state index is 12.7. The van der Waals surface area contributed by atoms with Crippen LogP contribution in [0.3, 0.4) is 0 Å². The molecule has 62 heavy (non-hydrogen) atoms. The molecule has 0 aliphatic carbocycles. The minimum atomic E-state index is -4.52. The number of esters is 1. The Kier molecular flexibility index (Phi) is 49.0. The Morgan fingerprint density at radius 3 is 1.21 bits per heavy atom. The normalized spacial score (nSPS) is 13.8. The fourth-order valence-corrected chi connectivity index (χ4v) is 8.67. The van der Waals surface area contributed by atoms with E-state index in [2.05, 4.69) is 26.0 Å². The summed E-state index contributed by atoms with van der Waals surface area (Å²) in [6, 6.07) is 0. The van der Waals surface area contributed by atoms with Crippen LogP contribution < -0.4 is 0 Å². The fourth-order valence-electron chi connectivity index (χ4n) is 7.88. The molecule has 0 rings (SSSR count). The monoisotopic (exact) mass is 903 g/mol. The van der Waals surface area contributed by atoms with E-state index in [-0.39, 0.29) is 25.6 Å². The summed E-state index contributed by atoms with van der Waals surface area (Å²) in [4.78, 5) is 22.7. The Morgan fingerprint density at radius 2 is 0.823 bits per heavy atom. The lowest BCUT2D eigenvalue weighted by Crippen LogP contribution is -2.29. The van der Waals surface area contributed by atoms with Gasteiger partial charge in [0.1, 0.15) is 12.2 Å². The summed E-state index contributed by atoms with van der Waals surface area (Å²) >= 11 is 0. The molecule has 0 saturated heterocycles. The topological polar surface area (TPSA) is 132 Å². The van der Waals surface area contributed by atoms with Gasteiger partial charge in [0.15, 0.2) is 0 Å². The number of carbonyl (C=O) groups is 1. The summed E-state index contributed by atoms with van der Waals surface area (Å²) in [5.74, 6) is -0.380. The van der Waals surface area contributed by atoms with Gasteiger partial charge in [-0.3, -0.25) is 13.8 Å². The van der Waals surface area contributed by atoms with Crippen LogP contribution in [-0.2, 0) is 27.9 Å². The van der Waals surface area contributed by atoms with E-state index in [1.54, 1.807) is 0 Å². The number of aliphatic hydroxyl groups is 2. The van der Waals surface area contributed by atoms with Crippen molar-refractivity contribution >= 4 is 13.8 Å². The van der Waals surface area contributed by atoms with Crippen molar-refractivity contribution in [1.29, 1.82) is 0 Å². The number of unbranched alkanes of at least 4 members (excludes halogenated alkanes) is 36. The predicted molar refractivity (Wildman–Crippen MR) is 261 cm³/mol. The number of phosphoric ester groups is 1. The van der Waals surface area contributed by atoms with Crippen LogP contribution in [0.5, 0.6) is 0 Å². The second-order valence-electron chi connectivity index (χ2n) is 18.3. The summed E-state index contributed by atoms with van der Waals surface area (Å²) < 4.78 is 33.6. The van der Waals surface area contributed by atoms with E-state index in [0.29, 0.717) is 6.61 Å². The first-order chi connectivity index (χ1) is 30.3. The van der Waals surface area contributed by atoms with Crippen LogP contribution in [0.25, 0.3) is 0 Å². The molecule has 0 amide bonds. The quantitative estimate of drug-likeness (QED) is 0.0236. The third-order valence-electron chi connectivity index (χ3n) is 12.0. The molecule has 9 nitrogen and oxygen atoms in total. The van der Waals surface area contributed by atoms with Crippen LogP contribution in [0, 0.1) is 0 Å². The first kappa shape index (κ1) is 61.2. The summed E-state index contributed by atoms with van der Waals surface area (Å²) in [6.45, 7) is 3.58. The van der Waals surface area contributed by atoms with E-state index < -0.39 is 33.2 Å². The van der Waals surface area contributed by atoms with E-state index in [0.717, 1.165) is 38.5 Å². The molecule has 0 bridgehead atoms. The molecule has 0 aromatic heterocycles. The average Bonchev–Trinajstić information content (AvgIpc) is 3.26. The molecule has 3 N–H and O–H groups in total. The van der Waals surface area contributed by atoms with Crippen LogP contribution in [0.15, 0.2) is 12.2 Å². The summed E-state index contributed by atoms with van der Waals surface area (Å²) in [7, 11) is -4.52. The fraction of sp³-hybridized carbons (Fsp3) is 0.942. The molecular weight excluding hydrogens is 800 g/mol. The number of allylic oxidation sites excluding steroid dienone is 2. The van der Waals surface area contributed by atoms with Gasteiger partial charge < -0.3 is 24.6 Å². The van der Waals surface area contributed by atoms with Crippen molar-refractivity contribution < 1.29 is 43.0 Å². The van der Waals surface area contributed by atoms with Crippen molar-refractivity contribution in [3.05, 3.63) is 12.2 Å². The molecule has 0 heterocycles. The molecule has 0 aromatic carbocycles. The maximum Gasteiger partial charge on any atom is 0.472 e. The largest absolute Gasteiger partial charge is 0.472 e. The van der Waals surface area contributed by atoms with Crippen molar-refractivity contribution in [3.8, 4) is 0 Å². The molecule has 0 radical (unpaired) electrons. The van der Waals surface area contributed by atoms with E-state index in [1.807, 2.05) is 0 Å². The molecule has 3 unspecified atom stereocenters. The van der Waals surface area contributed by atoms with Crippen molar-refractivity contribution in [2.45, 2.75) is 283 Å². The highest BCUT2D eigenvalue weighted by Crippen LogP contribution is 2.43. The van der Waals surface area contributed by atoms with E-state index in [4.69, 9.17) is 23.6 Å². The summed E-state index contributed by atoms with van der Waals surface area (Å²) in [6.07, 6.45) is 53.3. The lowest BCUT2D eigenvalue weighted by molar-refractivity contribution is -0.154. The standard InChI is InChI=1S/C52H103O9P/c1-3-5-7-9-11-13-15-17-19-21-22-23-24-25-26-27-29-31-33-35-37-39-41-43-45-58-48-51(49-60-62(56,57)59-47-50(54)46-53)61-52(55)44-42-40-38-36-34-32-30-28-20-18-16-14-12-10-8-6-4-2/h18,20,50-51,53-54H,3-17,19,21-49H2,1-2H3,(H,56,57)/b20-18-. The lowest BCUT2D eigenvalue weighted by Gasteiger charge is -2.20. The van der Waals surface area contributed by atoms with Crippen molar-refractivity contribution in [3.63, 3.8) is 0 Å². The number of ether oxygens (including phenoxy) is 2.